The molecule has 1 fully saturated rings. The number of hydrogen-bond donors (Lipinski definition) is 1. The highest BCUT2D eigenvalue weighted by Gasteiger charge is 2.40. The van der Waals surface area contributed by atoms with Crippen LogP contribution in [0.2, 0.25) is 0 Å². The summed E-state index contributed by atoms with van der Waals surface area (Å²) >= 11 is 0. The Balaban J connectivity index is 1.98. The lowest BCUT2D eigenvalue weighted by Crippen LogP contribution is -2.19. The molecule has 3 heteroatoms. The van der Waals surface area contributed by atoms with E-state index in [9.17, 15) is 0 Å². The number of aromatic nitrogens is 2. The molecular formula is C14H15N3. The molecule has 0 saturated heterocycles. The van der Waals surface area contributed by atoms with Crippen LogP contribution in [0, 0.1) is 6.92 Å². The minimum Gasteiger partial charge on any atom is -0.321 e. The van der Waals surface area contributed by atoms with Gasteiger partial charge in [-0.1, -0.05) is 24.3 Å². The zero-order valence-corrected chi connectivity index (χ0v) is 9.85. The van der Waals surface area contributed by atoms with E-state index in [-0.39, 0.29) is 5.54 Å². The third kappa shape index (κ3) is 1.83. The van der Waals surface area contributed by atoms with Crippen LogP contribution in [-0.2, 0) is 5.54 Å². The van der Waals surface area contributed by atoms with Crippen LogP contribution in [-0.4, -0.2) is 9.97 Å². The molecule has 1 aromatic carbocycles. The van der Waals surface area contributed by atoms with E-state index >= 15 is 0 Å². The normalized spacial score (nSPS) is 16.8. The van der Waals surface area contributed by atoms with Gasteiger partial charge < -0.3 is 5.73 Å². The summed E-state index contributed by atoms with van der Waals surface area (Å²) in [5.41, 5.74) is 9.28. The lowest BCUT2D eigenvalue weighted by molar-refractivity contribution is 0.729. The highest BCUT2D eigenvalue weighted by molar-refractivity contribution is 5.59. The first-order chi connectivity index (χ1) is 8.19. The van der Waals surface area contributed by atoms with Crippen LogP contribution in [0.25, 0.3) is 11.4 Å². The molecule has 0 unspecified atom stereocenters. The van der Waals surface area contributed by atoms with E-state index in [1.807, 2.05) is 30.6 Å². The molecule has 3 nitrogen and oxygen atoms in total. The minimum atomic E-state index is -0.149. The topological polar surface area (TPSA) is 51.8 Å². The number of nitrogens with two attached hydrogens (primary N) is 1. The highest BCUT2D eigenvalue weighted by atomic mass is 14.9. The predicted octanol–water partition coefficient (Wildman–Crippen LogP) is 2.40. The molecule has 86 valence electrons. The van der Waals surface area contributed by atoms with E-state index in [2.05, 4.69) is 23.0 Å². The first-order valence-corrected chi connectivity index (χ1v) is 5.86. The van der Waals surface area contributed by atoms with Crippen LogP contribution in [0.5, 0.6) is 0 Å². The fourth-order valence-electron chi connectivity index (χ4n) is 1.97. The Morgan fingerprint density at radius 3 is 2.35 bits per heavy atom. The van der Waals surface area contributed by atoms with Gasteiger partial charge in [0.05, 0.1) is 0 Å². The van der Waals surface area contributed by atoms with Gasteiger partial charge in [-0.2, -0.15) is 0 Å². The Kier molecular flexibility index (Phi) is 2.23. The van der Waals surface area contributed by atoms with Crippen LogP contribution < -0.4 is 5.73 Å². The molecule has 3 rings (SSSR count). The average Bonchev–Trinajstić information content (AvgIpc) is 3.10. The predicted molar refractivity (Wildman–Crippen MR) is 67.3 cm³/mol. The minimum absolute atomic E-state index is 0.149. The van der Waals surface area contributed by atoms with Crippen LogP contribution in [0.3, 0.4) is 0 Å². The summed E-state index contributed by atoms with van der Waals surface area (Å²) in [4.78, 5) is 8.85. The third-order valence-corrected chi connectivity index (χ3v) is 3.40. The summed E-state index contributed by atoms with van der Waals surface area (Å²) in [5, 5.41) is 0. The molecule has 1 aliphatic rings. The van der Waals surface area contributed by atoms with Crippen LogP contribution in [0.1, 0.15) is 24.0 Å². The van der Waals surface area contributed by atoms with Gasteiger partial charge in [-0.05, 0) is 25.3 Å². The molecule has 0 radical (unpaired) electrons. The molecule has 0 amide bonds. The molecule has 1 aliphatic carbocycles. The van der Waals surface area contributed by atoms with E-state index in [0.717, 1.165) is 29.8 Å². The second-order valence-electron chi connectivity index (χ2n) is 4.77. The van der Waals surface area contributed by atoms with Gasteiger partial charge in [-0.3, -0.25) is 0 Å². The number of rotatable bonds is 2. The van der Waals surface area contributed by atoms with E-state index in [1.54, 1.807) is 0 Å². The second kappa shape index (κ2) is 3.64. The summed E-state index contributed by atoms with van der Waals surface area (Å²) in [6.07, 6.45) is 5.81. The first-order valence-electron chi connectivity index (χ1n) is 5.86. The van der Waals surface area contributed by atoms with Crippen molar-refractivity contribution in [1.29, 1.82) is 0 Å². The van der Waals surface area contributed by atoms with Gasteiger partial charge >= 0.3 is 0 Å². The van der Waals surface area contributed by atoms with E-state index in [4.69, 9.17) is 5.73 Å². The Bertz CT molecular complexity index is 542. The highest BCUT2D eigenvalue weighted by Crippen LogP contribution is 2.42. The number of benzene rings is 1. The fourth-order valence-corrected chi connectivity index (χ4v) is 1.97. The van der Waals surface area contributed by atoms with E-state index < -0.39 is 0 Å². The molecule has 0 aliphatic heterocycles. The SMILES string of the molecule is Cc1ccccc1-c1ncc(C2(N)CC2)cn1. The van der Waals surface area contributed by atoms with Crippen molar-refractivity contribution in [2.24, 2.45) is 5.73 Å². The summed E-state index contributed by atoms with van der Waals surface area (Å²) in [5.74, 6) is 0.774. The molecule has 1 aromatic heterocycles. The van der Waals surface area contributed by atoms with Crippen LogP contribution >= 0.6 is 0 Å². The van der Waals surface area contributed by atoms with Crippen molar-refractivity contribution in [3.8, 4) is 11.4 Å². The third-order valence-electron chi connectivity index (χ3n) is 3.40. The van der Waals surface area contributed by atoms with Gasteiger partial charge in [-0.15, -0.1) is 0 Å². The lowest BCUT2D eigenvalue weighted by atomic mass is 10.1. The molecule has 17 heavy (non-hydrogen) atoms. The van der Waals surface area contributed by atoms with Crippen molar-refractivity contribution in [2.75, 3.05) is 0 Å². The Morgan fingerprint density at radius 1 is 1.12 bits per heavy atom. The largest absolute Gasteiger partial charge is 0.321 e. The van der Waals surface area contributed by atoms with Gasteiger partial charge in [0, 0.05) is 29.1 Å². The van der Waals surface area contributed by atoms with Crippen molar-refractivity contribution in [3.63, 3.8) is 0 Å². The van der Waals surface area contributed by atoms with Gasteiger partial charge in [0.1, 0.15) is 0 Å². The Morgan fingerprint density at radius 2 is 1.76 bits per heavy atom. The smallest absolute Gasteiger partial charge is 0.159 e. The molecule has 2 N–H and O–H groups in total. The molecule has 0 spiro atoms. The summed E-state index contributed by atoms with van der Waals surface area (Å²) in [6.45, 7) is 2.07. The number of aryl methyl sites for hydroxylation is 1. The first kappa shape index (κ1) is 10.4. The van der Waals surface area contributed by atoms with Gasteiger partial charge in [0.2, 0.25) is 0 Å². The van der Waals surface area contributed by atoms with Crippen molar-refractivity contribution in [3.05, 3.63) is 47.8 Å². The molecule has 1 heterocycles. The van der Waals surface area contributed by atoms with Crippen molar-refractivity contribution >= 4 is 0 Å². The van der Waals surface area contributed by atoms with Crippen molar-refractivity contribution in [1.82, 2.24) is 9.97 Å². The maximum absolute atomic E-state index is 6.11. The zero-order valence-electron chi connectivity index (χ0n) is 9.85. The Hall–Kier alpha value is -1.74. The van der Waals surface area contributed by atoms with Crippen molar-refractivity contribution in [2.45, 2.75) is 25.3 Å². The quantitative estimate of drug-likeness (QED) is 0.853. The van der Waals surface area contributed by atoms with Gasteiger partial charge in [-0.25, -0.2) is 9.97 Å². The van der Waals surface area contributed by atoms with Gasteiger partial charge in [0.15, 0.2) is 5.82 Å². The van der Waals surface area contributed by atoms with Crippen molar-refractivity contribution < 1.29 is 0 Å². The average molecular weight is 225 g/mol. The fraction of sp³-hybridized carbons (Fsp3) is 0.286. The molecule has 2 aromatic rings. The molecule has 0 bridgehead atoms. The molecular weight excluding hydrogens is 210 g/mol. The second-order valence-corrected chi connectivity index (χ2v) is 4.77. The summed E-state index contributed by atoms with van der Waals surface area (Å²) in [7, 11) is 0. The summed E-state index contributed by atoms with van der Waals surface area (Å²) < 4.78 is 0. The number of nitrogens with zero attached hydrogens (tertiary/aromatic N) is 2. The van der Waals surface area contributed by atoms with Crippen LogP contribution in [0.15, 0.2) is 36.7 Å². The number of hydrogen-bond acceptors (Lipinski definition) is 3. The van der Waals surface area contributed by atoms with E-state index in [0.29, 0.717) is 0 Å². The van der Waals surface area contributed by atoms with Gasteiger partial charge in [0.25, 0.3) is 0 Å². The lowest BCUT2D eigenvalue weighted by Gasteiger charge is -2.09. The van der Waals surface area contributed by atoms with E-state index in [1.165, 1.54) is 5.56 Å². The van der Waals surface area contributed by atoms with Crippen LogP contribution in [0.4, 0.5) is 0 Å². The molecule has 0 atom stereocenters. The maximum Gasteiger partial charge on any atom is 0.159 e. The zero-order chi connectivity index (χ0) is 11.9. The standard InChI is InChI=1S/C14H15N3/c1-10-4-2-3-5-12(10)13-16-8-11(9-17-13)14(15)6-7-14/h2-5,8-9H,6-7,15H2,1H3. The summed E-state index contributed by atoms with van der Waals surface area (Å²) in [6, 6.07) is 8.13. The Labute approximate surface area is 101 Å². The molecule has 1 saturated carbocycles. The maximum atomic E-state index is 6.11. The monoisotopic (exact) mass is 225 g/mol.